The molecule has 0 radical (unpaired) electrons. The van der Waals surface area contributed by atoms with Crippen molar-refractivity contribution in [2.45, 2.75) is 13.0 Å². The number of rotatable bonds is 6. The summed E-state index contributed by atoms with van der Waals surface area (Å²) in [6.45, 7) is 2.23. The van der Waals surface area contributed by atoms with E-state index in [2.05, 4.69) is 0 Å². The van der Waals surface area contributed by atoms with Gasteiger partial charge in [0.25, 0.3) is 11.7 Å². The van der Waals surface area contributed by atoms with Crippen LogP contribution in [-0.4, -0.2) is 30.5 Å². The number of ether oxygens (including phenoxy) is 2. The number of methoxy groups -OCH3 is 1. The van der Waals surface area contributed by atoms with Gasteiger partial charge in [-0.1, -0.05) is 36.4 Å². The molecule has 1 atom stereocenters. The van der Waals surface area contributed by atoms with Crippen LogP contribution in [0.1, 0.15) is 29.7 Å². The number of nitriles is 1. The SMILES string of the molecule is CCOc1cc(C2/C(=C(/O)c3ccccc3)C(=O)C(=O)N2c2ccc(C#N)cc2)ccc1OC. The molecule has 0 aliphatic carbocycles. The lowest BCUT2D eigenvalue weighted by Crippen LogP contribution is -2.29. The molecule has 7 heteroatoms. The molecule has 4 rings (SSSR count). The highest BCUT2D eigenvalue weighted by molar-refractivity contribution is 6.51. The van der Waals surface area contributed by atoms with Crippen LogP contribution in [0.5, 0.6) is 11.5 Å². The van der Waals surface area contributed by atoms with Crippen LogP contribution in [0.2, 0.25) is 0 Å². The third-order valence-electron chi connectivity index (χ3n) is 5.57. The molecule has 0 aromatic heterocycles. The van der Waals surface area contributed by atoms with Crippen LogP contribution in [-0.2, 0) is 9.59 Å². The Bertz CT molecular complexity index is 1310. The Morgan fingerprint density at radius 2 is 1.74 bits per heavy atom. The number of anilines is 1. The lowest BCUT2D eigenvalue weighted by molar-refractivity contribution is -0.132. The number of hydrogen-bond donors (Lipinski definition) is 1. The first kappa shape index (κ1) is 22.6. The molecule has 0 saturated carbocycles. The number of hydrogen-bond acceptors (Lipinski definition) is 6. The number of aliphatic hydroxyl groups excluding tert-OH is 1. The van der Waals surface area contributed by atoms with E-state index in [0.717, 1.165) is 0 Å². The summed E-state index contributed by atoms with van der Waals surface area (Å²) in [5.41, 5.74) is 1.79. The summed E-state index contributed by atoms with van der Waals surface area (Å²) in [6, 6.07) is 21.2. The minimum atomic E-state index is -0.918. The fourth-order valence-electron chi connectivity index (χ4n) is 3.99. The quantitative estimate of drug-likeness (QED) is 0.332. The number of benzene rings is 3. The molecule has 1 aliphatic heterocycles. The maximum atomic E-state index is 13.2. The Hall–Kier alpha value is -4.57. The van der Waals surface area contributed by atoms with E-state index in [9.17, 15) is 14.7 Å². The Balaban J connectivity index is 1.95. The lowest BCUT2D eigenvalue weighted by atomic mass is 9.94. The first-order chi connectivity index (χ1) is 16.5. The van der Waals surface area contributed by atoms with Crippen LogP contribution in [0, 0.1) is 11.3 Å². The van der Waals surface area contributed by atoms with E-state index in [1.165, 1.54) is 12.0 Å². The van der Waals surface area contributed by atoms with E-state index in [4.69, 9.17) is 14.7 Å². The zero-order chi connectivity index (χ0) is 24.2. The Labute approximate surface area is 197 Å². The normalized spacial score (nSPS) is 16.9. The first-order valence-electron chi connectivity index (χ1n) is 10.7. The van der Waals surface area contributed by atoms with Crippen molar-refractivity contribution in [1.29, 1.82) is 5.26 Å². The average molecular weight is 454 g/mol. The van der Waals surface area contributed by atoms with Gasteiger partial charge in [0.2, 0.25) is 0 Å². The third-order valence-corrected chi connectivity index (χ3v) is 5.57. The summed E-state index contributed by atoms with van der Waals surface area (Å²) < 4.78 is 11.1. The zero-order valence-electron chi connectivity index (χ0n) is 18.7. The molecule has 1 saturated heterocycles. The highest BCUT2D eigenvalue weighted by atomic mass is 16.5. The highest BCUT2D eigenvalue weighted by Gasteiger charge is 2.47. The number of Topliss-reactive ketones (excluding diaryl/α,β-unsaturated/α-hetero) is 1. The van der Waals surface area contributed by atoms with Crippen molar-refractivity contribution in [3.63, 3.8) is 0 Å². The van der Waals surface area contributed by atoms with Crippen molar-refractivity contribution in [2.75, 3.05) is 18.6 Å². The zero-order valence-corrected chi connectivity index (χ0v) is 18.7. The van der Waals surface area contributed by atoms with Gasteiger partial charge in [-0.2, -0.15) is 5.26 Å². The summed E-state index contributed by atoms with van der Waals surface area (Å²) in [5.74, 6) is -0.893. The summed E-state index contributed by atoms with van der Waals surface area (Å²) in [5, 5.41) is 20.3. The van der Waals surface area contributed by atoms with Crippen molar-refractivity contribution >= 4 is 23.1 Å². The van der Waals surface area contributed by atoms with E-state index in [-0.39, 0.29) is 11.3 Å². The van der Waals surface area contributed by atoms with Crippen LogP contribution in [0.15, 0.2) is 78.4 Å². The van der Waals surface area contributed by atoms with Gasteiger partial charge in [0.15, 0.2) is 11.5 Å². The topological polar surface area (TPSA) is 99.9 Å². The molecular weight excluding hydrogens is 432 g/mol. The molecule has 170 valence electrons. The number of carbonyl (C=O) groups is 2. The molecule has 1 amide bonds. The molecule has 1 aliphatic rings. The fraction of sp³-hybridized carbons (Fsp3) is 0.148. The van der Waals surface area contributed by atoms with E-state index in [1.807, 2.05) is 13.0 Å². The van der Waals surface area contributed by atoms with Crippen LogP contribution < -0.4 is 14.4 Å². The van der Waals surface area contributed by atoms with Gasteiger partial charge in [-0.05, 0) is 48.9 Å². The van der Waals surface area contributed by atoms with E-state index < -0.39 is 17.7 Å². The number of aliphatic hydroxyl groups is 1. The second kappa shape index (κ2) is 9.51. The van der Waals surface area contributed by atoms with Gasteiger partial charge in [-0.15, -0.1) is 0 Å². The number of amides is 1. The predicted molar refractivity (Wildman–Crippen MR) is 127 cm³/mol. The van der Waals surface area contributed by atoms with Crippen molar-refractivity contribution in [3.8, 4) is 17.6 Å². The molecule has 1 fully saturated rings. The predicted octanol–water partition coefficient (Wildman–Crippen LogP) is 4.59. The fourth-order valence-corrected chi connectivity index (χ4v) is 3.99. The van der Waals surface area contributed by atoms with E-state index >= 15 is 0 Å². The van der Waals surface area contributed by atoms with Gasteiger partial charge < -0.3 is 14.6 Å². The van der Waals surface area contributed by atoms with Crippen LogP contribution in [0.4, 0.5) is 5.69 Å². The molecule has 7 nitrogen and oxygen atoms in total. The maximum Gasteiger partial charge on any atom is 0.300 e. The smallest absolute Gasteiger partial charge is 0.300 e. The van der Waals surface area contributed by atoms with Crippen LogP contribution in [0.3, 0.4) is 0 Å². The molecule has 34 heavy (non-hydrogen) atoms. The molecule has 0 bridgehead atoms. The number of nitrogens with zero attached hydrogens (tertiary/aromatic N) is 2. The minimum Gasteiger partial charge on any atom is -0.507 e. The van der Waals surface area contributed by atoms with Gasteiger partial charge in [0.05, 0.1) is 37.0 Å². The standard InChI is InChI=1S/C27H22N2O5/c1-3-34-22-15-19(11-14-21(22)33-2)24-23(25(30)18-7-5-4-6-8-18)26(31)27(32)29(24)20-12-9-17(16-28)10-13-20/h4-15,24,30H,3H2,1-2H3/b25-23-. The Kier molecular flexibility index (Phi) is 6.33. The largest absolute Gasteiger partial charge is 0.507 e. The van der Waals surface area contributed by atoms with Crippen LogP contribution in [0.25, 0.3) is 5.76 Å². The van der Waals surface area contributed by atoms with Crippen molar-refractivity contribution < 1.29 is 24.2 Å². The first-order valence-corrected chi connectivity index (χ1v) is 10.7. The average Bonchev–Trinajstić information content (AvgIpc) is 3.14. The molecule has 3 aromatic carbocycles. The molecule has 1 heterocycles. The minimum absolute atomic E-state index is 0.0341. The van der Waals surface area contributed by atoms with E-state index in [0.29, 0.717) is 40.5 Å². The van der Waals surface area contributed by atoms with Gasteiger partial charge in [-0.3, -0.25) is 14.5 Å². The second-order valence-corrected chi connectivity index (χ2v) is 7.54. The molecular formula is C27H22N2O5. The summed E-state index contributed by atoms with van der Waals surface area (Å²) in [6.07, 6.45) is 0. The van der Waals surface area contributed by atoms with Crippen molar-refractivity contribution in [1.82, 2.24) is 0 Å². The van der Waals surface area contributed by atoms with Gasteiger partial charge >= 0.3 is 0 Å². The monoisotopic (exact) mass is 454 g/mol. The molecule has 1 unspecified atom stereocenters. The lowest BCUT2D eigenvalue weighted by Gasteiger charge is -2.26. The second-order valence-electron chi connectivity index (χ2n) is 7.54. The summed E-state index contributed by atoms with van der Waals surface area (Å²) >= 11 is 0. The number of carbonyl (C=O) groups excluding carboxylic acids is 2. The molecule has 1 N–H and O–H groups in total. The van der Waals surface area contributed by atoms with Crippen molar-refractivity contribution in [3.05, 3.63) is 95.1 Å². The van der Waals surface area contributed by atoms with Crippen molar-refractivity contribution in [2.24, 2.45) is 0 Å². The van der Waals surface area contributed by atoms with Gasteiger partial charge in [0.1, 0.15) is 5.76 Å². The Morgan fingerprint density at radius 1 is 1.03 bits per heavy atom. The van der Waals surface area contributed by atoms with Crippen LogP contribution >= 0.6 is 0 Å². The summed E-state index contributed by atoms with van der Waals surface area (Å²) in [4.78, 5) is 27.8. The molecule has 3 aromatic rings. The Morgan fingerprint density at radius 3 is 2.35 bits per heavy atom. The maximum absolute atomic E-state index is 13.2. The molecule has 0 spiro atoms. The third kappa shape index (κ3) is 3.97. The van der Waals surface area contributed by atoms with Gasteiger partial charge in [0, 0.05) is 11.3 Å². The number of ketones is 1. The summed E-state index contributed by atoms with van der Waals surface area (Å²) in [7, 11) is 1.52. The van der Waals surface area contributed by atoms with E-state index in [1.54, 1.807) is 72.8 Å². The highest BCUT2D eigenvalue weighted by Crippen LogP contribution is 2.44. The van der Waals surface area contributed by atoms with Gasteiger partial charge in [-0.25, -0.2) is 0 Å².